The van der Waals surface area contributed by atoms with Crippen molar-refractivity contribution in [2.75, 3.05) is 6.54 Å². The Bertz CT molecular complexity index is 422. The Morgan fingerprint density at radius 1 is 1.38 bits per heavy atom. The van der Waals surface area contributed by atoms with Crippen molar-refractivity contribution in [3.05, 3.63) is 0 Å². The summed E-state index contributed by atoms with van der Waals surface area (Å²) in [4.78, 5) is 46.9. The lowest BCUT2D eigenvalue weighted by Crippen LogP contribution is -2.53. The first-order valence-electron chi connectivity index (χ1n) is 7.14. The van der Waals surface area contributed by atoms with Gasteiger partial charge in [0.15, 0.2) is 0 Å². The van der Waals surface area contributed by atoms with Gasteiger partial charge < -0.3 is 20.1 Å². The molecule has 0 unspecified atom stereocenters. The van der Waals surface area contributed by atoms with Gasteiger partial charge in [0.2, 0.25) is 11.8 Å². The molecule has 1 rings (SSSR count). The molecule has 7 heteroatoms. The van der Waals surface area contributed by atoms with Crippen LogP contribution in [0, 0.1) is 5.92 Å². The summed E-state index contributed by atoms with van der Waals surface area (Å²) < 4.78 is 0. The first-order valence-corrected chi connectivity index (χ1v) is 7.14. The average molecular weight is 298 g/mol. The average Bonchev–Trinajstić information content (AvgIpc) is 2.90. The molecule has 2 atom stereocenters. The Kier molecular flexibility index (Phi) is 6.33. The van der Waals surface area contributed by atoms with Crippen LogP contribution in [0.1, 0.15) is 39.5 Å². The van der Waals surface area contributed by atoms with Crippen LogP contribution >= 0.6 is 0 Å². The lowest BCUT2D eigenvalue weighted by Gasteiger charge is -2.29. The summed E-state index contributed by atoms with van der Waals surface area (Å²) in [5.41, 5.74) is 0. The number of nitrogens with zero attached hydrogens (tertiary/aromatic N) is 1. The summed E-state index contributed by atoms with van der Waals surface area (Å²) >= 11 is 0. The summed E-state index contributed by atoms with van der Waals surface area (Å²) in [5.74, 6) is -1.92. The third-order valence-corrected chi connectivity index (χ3v) is 3.56. The Morgan fingerprint density at radius 2 is 2.05 bits per heavy atom. The van der Waals surface area contributed by atoms with Crippen LogP contribution < -0.4 is 5.32 Å². The van der Waals surface area contributed by atoms with Gasteiger partial charge in [-0.3, -0.25) is 9.59 Å². The zero-order valence-electron chi connectivity index (χ0n) is 12.4. The molecule has 2 amide bonds. The lowest BCUT2D eigenvalue weighted by molar-refractivity contribution is -0.150. The van der Waals surface area contributed by atoms with Crippen LogP contribution in [0.4, 0.5) is 0 Å². The maximum Gasteiger partial charge on any atom is 0.326 e. The minimum atomic E-state index is -1.02. The number of amides is 2. The van der Waals surface area contributed by atoms with E-state index in [4.69, 9.17) is 5.11 Å². The highest BCUT2D eigenvalue weighted by Gasteiger charge is 2.38. The Morgan fingerprint density at radius 3 is 2.57 bits per heavy atom. The molecule has 0 aliphatic carbocycles. The summed E-state index contributed by atoms with van der Waals surface area (Å²) in [5, 5.41) is 11.7. The summed E-state index contributed by atoms with van der Waals surface area (Å²) in [7, 11) is 0. The molecule has 21 heavy (non-hydrogen) atoms. The van der Waals surface area contributed by atoms with Crippen LogP contribution in [-0.2, 0) is 19.2 Å². The zero-order chi connectivity index (χ0) is 16.0. The van der Waals surface area contributed by atoms with Gasteiger partial charge in [0.25, 0.3) is 0 Å². The Hall–Kier alpha value is -1.92. The molecule has 2 N–H and O–H groups in total. The number of carbonyl (C=O) groups excluding carboxylic acids is 3. The minimum absolute atomic E-state index is 0.0301. The van der Waals surface area contributed by atoms with Crippen molar-refractivity contribution in [2.45, 2.75) is 51.6 Å². The molecule has 1 fully saturated rings. The Labute approximate surface area is 123 Å². The number of hydrogen-bond acceptors (Lipinski definition) is 4. The molecule has 0 radical (unpaired) electrons. The van der Waals surface area contributed by atoms with Gasteiger partial charge in [0, 0.05) is 19.4 Å². The fourth-order valence-electron chi connectivity index (χ4n) is 2.42. The summed E-state index contributed by atoms with van der Waals surface area (Å²) in [6.45, 7) is 3.96. The van der Waals surface area contributed by atoms with Crippen molar-refractivity contribution in [1.82, 2.24) is 10.2 Å². The highest BCUT2D eigenvalue weighted by Crippen LogP contribution is 2.20. The molecule has 1 heterocycles. The van der Waals surface area contributed by atoms with E-state index in [1.54, 1.807) is 13.8 Å². The van der Waals surface area contributed by atoms with Gasteiger partial charge in [0.1, 0.15) is 18.4 Å². The van der Waals surface area contributed by atoms with E-state index in [-0.39, 0.29) is 30.6 Å². The predicted octanol–water partition coefficient (Wildman–Crippen LogP) is 0.182. The third kappa shape index (κ3) is 4.54. The molecule has 1 saturated heterocycles. The van der Waals surface area contributed by atoms with Crippen LogP contribution in [0.5, 0.6) is 0 Å². The minimum Gasteiger partial charge on any atom is -0.480 e. The van der Waals surface area contributed by atoms with Gasteiger partial charge in [0.05, 0.1) is 0 Å². The largest absolute Gasteiger partial charge is 0.480 e. The number of carboxylic acid groups (broad SMARTS) is 1. The molecule has 0 aromatic rings. The van der Waals surface area contributed by atoms with Crippen molar-refractivity contribution in [3.8, 4) is 0 Å². The SMILES string of the molecule is CC(C)[C@H](NC(=O)CCC=O)C(=O)N1CCC[C@H]1C(=O)O. The second-order valence-electron chi connectivity index (χ2n) is 5.52. The molecule has 0 aromatic carbocycles. The number of carbonyl (C=O) groups is 4. The van der Waals surface area contributed by atoms with Crippen molar-refractivity contribution in [2.24, 2.45) is 5.92 Å². The van der Waals surface area contributed by atoms with E-state index in [0.717, 1.165) is 0 Å². The first kappa shape index (κ1) is 17.1. The highest BCUT2D eigenvalue weighted by atomic mass is 16.4. The van der Waals surface area contributed by atoms with Crippen LogP contribution in [-0.4, -0.2) is 52.7 Å². The van der Waals surface area contributed by atoms with E-state index in [1.807, 2.05) is 0 Å². The van der Waals surface area contributed by atoms with E-state index in [1.165, 1.54) is 4.90 Å². The molecule has 1 aliphatic rings. The standard InChI is InChI=1S/C14H22N2O5/c1-9(2)12(15-11(18)6-4-8-17)13(19)16-7-3-5-10(16)14(20)21/h8-10,12H,3-7H2,1-2H3,(H,15,18)(H,20,21)/t10-,12-/m0/s1. The molecule has 1 aliphatic heterocycles. The van der Waals surface area contributed by atoms with E-state index in [9.17, 15) is 19.2 Å². The van der Waals surface area contributed by atoms with Crippen molar-refractivity contribution in [3.63, 3.8) is 0 Å². The summed E-state index contributed by atoms with van der Waals surface area (Å²) in [6, 6.07) is -1.57. The highest BCUT2D eigenvalue weighted by molar-refractivity contribution is 5.91. The van der Waals surface area contributed by atoms with Crippen molar-refractivity contribution >= 4 is 24.1 Å². The zero-order valence-corrected chi connectivity index (χ0v) is 12.4. The van der Waals surface area contributed by atoms with Crippen molar-refractivity contribution in [1.29, 1.82) is 0 Å². The van der Waals surface area contributed by atoms with Gasteiger partial charge in [-0.1, -0.05) is 13.8 Å². The van der Waals surface area contributed by atoms with Crippen LogP contribution in [0.15, 0.2) is 0 Å². The monoisotopic (exact) mass is 298 g/mol. The Balaban J connectivity index is 2.75. The number of likely N-dealkylation sites (tertiary alicyclic amines) is 1. The predicted molar refractivity (Wildman–Crippen MR) is 74.4 cm³/mol. The number of aldehydes is 1. The molecular formula is C14H22N2O5. The second kappa shape index (κ2) is 7.75. The van der Waals surface area contributed by atoms with Gasteiger partial charge >= 0.3 is 5.97 Å². The van der Waals surface area contributed by atoms with E-state index >= 15 is 0 Å². The number of nitrogens with one attached hydrogen (secondary N) is 1. The second-order valence-corrected chi connectivity index (χ2v) is 5.52. The lowest BCUT2D eigenvalue weighted by atomic mass is 10.0. The van der Waals surface area contributed by atoms with Gasteiger partial charge in [-0.15, -0.1) is 0 Å². The first-order chi connectivity index (χ1) is 9.88. The summed E-state index contributed by atoms with van der Waals surface area (Å²) in [6.07, 6.45) is 1.86. The third-order valence-electron chi connectivity index (χ3n) is 3.56. The molecule has 118 valence electrons. The molecule has 0 bridgehead atoms. The number of rotatable bonds is 7. The van der Waals surface area contributed by atoms with Gasteiger partial charge in [-0.2, -0.15) is 0 Å². The maximum atomic E-state index is 12.5. The van der Waals surface area contributed by atoms with Crippen LogP contribution in [0.2, 0.25) is 0 Å². The van der Waals surface area contributed by atoms with E-state index < -0.39 is 18.1 Å². The number of hydrogen-bond donors (Lipinski definition) is 2. The number of carboxylic acids is 1. The molecule has 0 spiro atoms. The smallest absolute Gasteiger partial charge is 0.326 e. The van der Waals surface area contributed by atoms with Crippen LogP contribution in [0.3, 0.4) is 0 Å². The number of aliphatic carboxylic acids is 1. The normalized spacial score (nSPS) is 19.4. The molecule has 0 saturated carbocycles. The molecule has 7 nitrogen and oxygen atoms in total. The van der Waals surface area contributed by atoms with Crippen LogP contribution in [0.25, 0.3) is 0 Å². The van der Waals surface area contributed by atoms with Gasteiger partial charge in [-0.05, 0) is 18.8 Å². The van der Waals surface area contributed by atoms with Crippen molar-refractivity contribution < 1.29 is 24.3 Å². The topological polar surface area (TPSA) is 104 Å². The van der Waals surface area contributed by atoms with E-state index in [0.29, 0.717) is 25.7 Å². The molecule has 0 aromatic heterocycles. The van der Waals surface area contributed by atoms with Gasteiger partial charge in [-0.25, -0.2) is 4.79 Å². The maximum absolute atomic E-state index is 12.5. The fraction of sp³-hybridized carbons (Fsp3) is 0.714. The van der Waals surface area contributed by atoms with E-state index in [2.05, 4.69) is 5.32 Å². The molecular weight excluding hydrogens is 276 g/mol. The fourth-order valence-corrected chi connectivity index (χ4v) is 2.42. The quantitative estimate of drug-likeness (QED) is 0.653.